The first-order valence-electron chi connectivity index (χ1n) is 14.5. The van der Waals surface area contributed by atoms with E-state index in [2.05, 4.69) is 12.2 Å². The quantitative estimate of drug-likeness (QED) is 0.0820. The largest absolute Gasteiger partial charge is 0.494 e. The zero-order valence-electron chi connectivity index (χ0n) is 25.5. The van der Waals surface area contributed by atoms with E-state index in [1.807, 2.05) is 60.7 Å². The number of unbranched alkanes of at least 4 members (excludes halogenated alkanes) is 1. The van der Waals surface area contributed by atoms with E-state index < -0.39 is 23.8 Å². The van der Waals surface area contributed by atoms with Crippen LogP contribution in [0.4, 0.5) is 9.59 Å². The molecule has 3 aromatic carbocycles. The number of esters is 1. The first-order valence-corrected chi connectivity index (χ1v) is 14.5. The number of aromatic nitrogens is 1. The second-order valence-corrected chi connectivity index (χ2v) is 11.1. The van der Waals surface area contributed by atoms with Gasteiger partial charge in [-0.25, -0.2) is 14.4 Å². The van der Waals surface area contributed by atoms with Gasteiger partial charge in [0.15, 0.2) is 0 Å². The molecular weight excluding hydrogens is 560 g/mol. The van der Waals surface area contributed by atoms with Crippen LogP contribution >= 0.6 is 0 Å². The zero-order chi connectivity index (χ0) is 31.5. The molecule has 0 saturated carbocycles. The highest BCUT2D eigenvalue weighted by Gasteiger charge is 2.22. The Morgan fingerprint density at radius 1 is 0.864 bits per heavy atom. The van der Waals surface area contributed by atoms with E-state index in [1.54, 1.807) is 45.2 Å². The van der Waals surface area contributed by atoms with E-state index in [1.165, 1.54) is 10.6 Å². The number of amides is 1. The van der Waals surface area contributed by atoms with Crippen molar-refractivity contribution >= 4 is 35.1 Å². The highest BCUT2D eigenvalue weighted by molar-refractivity contribution is 6.02. The van der Waals surface area contributed by atoms with Gasteiger partial charge < -0.3 is 18.9 Å². The number of ether oxygens (including phenoxy) is 4. The van der Waals surface area contributed by atoms with Crippen molar-refractivity contribution in [2.45, 2.75) is 59.4 Å². The monoisotopic (exact) mass is 598 g/mol. The SMILES string of the molecule is CCCCOc1ccc2c(/C=C(\NC(=O)OC(C)(C)C)C(=O)OCc3ccccc3)cn(C(=O)OCc3ccccc3)c2c1. The molecule has 230 valence electrons. The number of alkyl carbamates (subject to hydrolysis) is 1. The van der Waals surface area contributed by atoms with E-state index in [0.29, 0.717) is 28.8 Å². The van der Waals surface area contributed by atoms with Crippen LogP contribution in [0.15, 0.2) is 90.8 Å². The first-order chi connectivity index (χ1) is 21.1. The average Bonchev–Trinajstić information content (AvgIpc) is 3.36. The third kappa shape index (κ3) is 9.22. The molecule has 1 heterocycles. The van der Waals surface area contributed by atoms with Crippen LogP contribution < -0.4 is 10.1 Å². The van der Waals surface area contributed by atoms with Crippen LogP contribution in [-0.2, 0) is 32.2 Å². The normalized spacial score (nSPS) is 11.6. The second-order valence-electron chi connectivity index (χ2n) is 11.1. The minimum absolute atomic E-state index is 0.000950. The summed E-state index contributed by atoms with van der Waals surface area (Å²) < 4.78 is 23.8. The van der Waals surface area contributed by atoms with Gasteiger partial charge in [0.05, 0.1) is 12.1 Å². The van der Waals surface area contributed by atoms with Crippen molar-refractivity contribution in [2.24, 2.45) is 0 Å². The van der Waals surface area contributed by atoms with Gasteiger partial charge in [-0.05, 0) is 56.5 Å². The summed E-state index contributed by atoms with van der Waals surface area (Å²) in [6.07, 6.45) is 3.44. The Kier molecular flexibility index (Phi) is 10.8. The molecule has 9 heteroatoms. The Morgan fingerprint density at radius 2 is 1.50 bits per heavy atom. The van der Waals surface area contributed by atoms with Crippen molar-refractivity contribution in [3.63, 3.8) is 0 Å². The molecule has 4 rings (SSSR count). The fourth-order valence-electron chi connectivity index (χ4n) is 4.23. The fourth-order valence-corrected chi connectivity index (χ4v) is 4.23. The predicted molar refractivity (Wildman–Crippen MR) is 168 cm³/mol. The molecule has 0 atom stereocenters. The predicted octanol–water partition coefficient (Wildman–Crippen LogP) is 7.61. The number of carbonyl (C=O) groups is 3. The Bertz CT molecular complexity index is 1600. The minimum atomic E-state index is -0.821. The fraction of sp³-hybridized carbons (Fsp3) is 0.286. The second kappa shape index (κ2) is 14.9. The number of carbonyl (C=O) groups excluding carboxylic acids is 3. The van der Waals surface area contributed by atoms with Crippen LogP contribution in [0.1, 0.15) is 57.2 Å². The summed E-state index contributed by atoms with van der Waals surface area (Å²) in [5.74, 6) is -0.183. The number of hydrogen-bond acceptors (Lipinski definition) is 7. The lowest BCUT2D eigenvalue weighted by atomic mass is 10.1. The van der Waals surface area contributed by atoms with Gasteiger partial charge >= 0.3 is 18.2 Å². The zero-order valence-corrected chi connectivity index (χ0v) is 25.5. The average molecular weight is 599 g/mol. The number of benzene rings is 3. The Labute approximate surface area is 257 Å². The lowest BCUT2D eigenvalue weighted by Crippen LogP contribution is -2.34. The van der Waals surface area contributed by atoms with E-state index in [9.17, 15) is 14.4 Å². The van der Waals surface area contributed by atoms with Crippen molar-refractivity contribution in [1.82, 2.24) is 9.88 Å². The van der Waals surface area contributed by atoms with Crippen LogP contribution in [0.5, 0.6) is 5.75 Å². The van der Waals surface area contributed by atoms with E-state index >= 15 is 0 Å². The van der Waals surface area contributed by atoms with Crippen LogP contribution in [0.3, 0.4) is 0 Å². The molecule has 4 aromatic rings. The van der Waals surface area contributed by atoms with Crippen molar-refractivity contribution in [3.05, 3.63) is 107 Å². The molecule has 1 aromatic heterocycles. The third-order valence-corrected chi connectivity index (χ3v) is 6.34. The van der Waals surface area contributed by atoms with E-state index in [4.69, 9.17) is 18.9 Å². The molecule has 0 spiro atoms. The Balaban J connectivity index is 1.70. The number of fused-ring (bicyclic) bond motifs is 1. The van der Waals surface area contributed by atoms with Crippen molar-refractivity contribution in [1.29, 1.82) is 0 Å². The van der Waals surface area contributed by atoms with Gasteiger partial charge in [-0.3, -0.25) is 9.88 Å². The molecule has 0 aliphatic heterocycles. The molecule has 9 nitrogen and oxygen atoms in total. The van der Waals surface area contributed by atoms with Crippen LogP contribution in [0, 0.1) is 0 Å². The maximum atomic E-state index is 13.3. The van der Waals surface area contributed by atoms with Gasteiger partial charge in [0.1, 0.15) is 30.3 Å². The summed E-state index contributed by atoms with van der Waals surface area (Å²) in [6, 6.07) is 23.9. The molecule has 44 heavy (non-hydrogen) atoms. The lowest BCUT2D eigenvalue weighted by molar-refractivity contribution is -0.140. The number of rotatable bonds is 11. The first kappa shape index (κ1) is 31.9. The van der Waals surface area contributed by atoms with E-state index in [-0.39, 0.29) is 18.9 Å². The molecule has 0 saturated heterocycles. The molecule has 0 aliphatic carbocycles. The minimum Gasteiger partial charge on any atom is -0.494 e. The maximum absolute atomic E-state index is 13.3. The molecule has 0 unspecified atom stereocenters. The van der Waals surface area contributed by atoms with Gasteiger partial charge in [0.25, 0.3) is 0 Å². The molecule has 0 bridgehead atoms. The maximum Gasteiger partial charge on any atom is 0.418 e. The van der Waals surface area contributed by atoms with E-state index in [0.717, 1.165) is 24.0 Å². The summed E-state index contributed by atoms with van der Waals surface area (Å²) in [5, 5.41) is 3.16. The highest BCUT2D eigenvalue weighted by atomic mass is 16.6. The molecule has 1 N–H and O–H groups in total. The summed E-state index contributed by atoms with van der Waals surface area (Å²) >= 11 is 0. The van der Waals surface area contributed by atoms with Crippen LogP contribution in [0.2, 0.25) is 0 Å². The molecule has 1 amide bonds. The summed E-state index contributed by atoms with van der Waals surface area (Å²) in [4.78, 5) is 39.3. The molecular formula is C35H38N2O7. The van der Waals surface area contributed by atoms with Gasteiger partial charge in [-0.1, -0.05) is 74.0 Å². The third-order valence-electron chi connectivity index (χ3n) is 6.34. The topological polar surface area (TPSA) is 105 Å². The number of hydrogen-bond donors (Lipinski definition) is 1. The van der Waals surface area contributed by atoms with Gasteiger partial charge in [-0.15, -0.1) is 0 Å². The summed E-state index contributed by atoms with van der Waals surface area (Å²) in [6.45, 7) is 7.85. The highest BCUT2D eigenvalue weighted by Crippen LogP contribution is 2.28. The standard InChI is InChI=1S/C35H38N2O7/c1-5-6-19-41-28-17-18-29-27(22-37(31(29)21-28)34(40)43-24-26-15-11-8-12-16-26)20-30(36-33(39)44-35(2,3)4)32(38)42-23-25-13-9-7-10-14-25/h7-18,20-22H,5-6,19,23-24H2,1-4H3,(H,36,39)/b30-20-. The Morgan fingerprint density at radius 3 is 2.11 bits per heavy atom. The Hall–Kier alpha value is -5.05. The van der Waals surface area contributed by atoms with Gasteiger partial charge in [-0.2, -0.15) is 0 Å². The van der Waals surface area contributed by atoms with Gasteiger partial charge in [0, 0.05) is 23.2 Å². The summed E-state index contributed by atoms with van der Waals surface area (Å²) in [5.41, 5.74) is 1.65. The van der Waals surface area contributed by atoms with Crippen molar-refractivity contribution in [3.8, 4) is 5.75 Å². The summed E-state index contributed by atoms with van der Waals surface area (Å²) in [7, 11) is 0. The van der Waals surface area contributed by atoms with Crippen LogP contribution in [-0.4, -0.2) is 34.9 Å². The number of nitrogens with one attached hydrogen (secondary N) is 1. The molecule has 0 radical (unpaired) electrons. The van der Waals surface area contributed by atoms with Crippen LogP contribution in [0.25, 0.3) is 17.0 Å². The number of nitrogens with zero attached hydrogens (tertiary/aromatic N) is 1. The van der Waals surface area contributed by atoms with Crippen molar-refractivity contribution in [2.75, 3.05) is 6.61 Å². The molecule has 0 aliphatic rings. The smallest absolute Gasteiger partial charge is 0.418 e. The molecule has 0 fully saturated rings. The van der Waals surface area contributed by atoms with Crippen molar-refractivity contribution < 1.29 is 33.3 Å². The van der Waals surface area contributed by atoms with Gasteiger partial charge in [0.2, 0.25) is 0 Å². The lowest BCUT2D eigenvalue weighted by Gasteiger charge is -2.20.